The maximum Gasteiger partial charge on any atom is 0.220 e. The number of rotatable bonds is 5. The van der Waals surface area contributed by atoms with Crippen molar-refractivity contribution in [1.29, 1.82) is 0 Å². The van der Waals surface area contributed by atoms with E-state index in [1.807, 2.05) is 13.0 Å². The van der Waals surface area contributed by atoms with Gasteiger partial charge in [0.25, 0.3) is 0 Å². The van der Waals surface area contributed by atoms with E-state index in [0.29, 0.717) is 18.9 Å². The molecule has 0 radical (unpaired) electrons. The molecule has 1 fully saturated rings. The summed E-state index contributed by atoms with van der Waals surface area (Å²) in [6.45, 7) is 2.53. The van der Waals surface area contributed by atoms with E-state index in [0.717, 1.165) is 17.9 Å². The Morgan fingerprint density at radius 2 is 2.29 bits per heavy atom. The topological polar surface area (TPSA) is 55.1 Å². The Balaban J connectivity index is 1.62. The molecular formula is C13H20N2O2. The van der Waals surface area contributed by atoms with Crippen LogP contribution in [-0.2, 0) is 11.2 Å². The predicted molar refractivity (Wildman–Crippen MR) is 64.5 cm³/mol. The van der Waals surface area contributed by atoms with Gasteiger partial charge in [0.15, 0.2) is 0 Å². The summed E-state index contributed by atoms with van der Waals surface area (Å²) >= 11 is 0. The molecule has 0 unspecified atom stereocenters. The summed E-state index contributed by atoms with van der Waals surface area (Å²) in [5, 5.41) is 6.75. The first-order chi connectivity index (χ1) is 8.24. The first-order valence-electron chi connectivity index (χ1n) is 6.43. The van der Waals surface area contributed by atoms with Gasteiger partial charge in [-0.2, -0.15) is 0 Å². The lowest BCUT2D eigenvalue weighted by molar-refractivity contribution is -0.121. The van der Waals surface area contributed by atoms with Gasteiger partial charge >= 0.3 is 0 Å². The smallest absolute Gasteiger partial charge is 0.220 e. The van der Waals surface area contributed by atoms with Crippen LogP contribution in [0.2, 0.25) is 0 Å². The monoisotopic (exact) mass is 236 g/mol. The molecule has 1 aliphatic rings. The SMILES string of the molecule is Cc1cc(CCNC(=O)CC2CCCC2)on1. The number of nitrogens with one attached hydrogen (secondary N) is 1. The normalized spacial score (nSPS) is 16.3. The van der Waals surface area contributed by atoms with E-state index in [1.165, 1.54) is 25.7 Å². The van der Waals surface area contributed by atoms with Gasteiger partial charge in [-0.3, -0.25) is 4.79 Å². The zero-order valence-corrected chi connectivity index (χ0v) is 10.4. The average Bonchev–Trinajstić information content (AvgIpc) is 2.90. The highest BCUT2D eigenvalue weighted by Gasteiger charge is 2.18. The van der Waals surface area contributed by atoms with Crippen molar-refractivity contribution in [2.75, 3.05) is 6.54 Å². The van der Waals surface area contributed by atoms with Crippen LogP contribution in [0.15, 0.2) is 10.6 Å². The lowest BCUT2D eigenvalue weighted by atomic mass is 10.0. The summed E-state index contributed by atoms with van der Waals surface area (Å²) in [6, 6.07) is 1.91. The van der Waals surface area contributed by atoms with Crippen molar-refractivity contribution in [1.82, 2.24) is 10.5 Å². The summed E-state index contributed by atoms with van der Waals surface area (Å²) in [5.74, 6) is 1.62. The molecule has 1 amide bonds. The van der Waals surface area contributed by atoms with E-state index in [4.69, 9.17) is 4.52 Å². The Labute approximate surface area is 102 Å². The van der Waals surface area contributed by atoms with E-state index >= 15 is 0 Å². The number of aryl methyl sites for hydroxylation is 1. The van der Waals surface area contributed by atoms with Gasteiger partial charge in [-0.25, -0.2) is 0 Å². The minimum Gasteiger partial charge on any atom is -0.361 e. The molecule has 94 valence electrons. The lowest BCUT2D eigenvalue weighted by Gasteiger charge is -2.08. The van der Waals surface area contributed by atoms with Gasteiger partial charge in [0.1, 0.15) is 5.76 Å². The van der Waals surface area contributed by atoms with Crippen LogP contribution in [0, 0.1) is 12.8 Å². The molecule has 0 saturated heterocycles. The van der Waals surface area contributed by atoms with Gasteiger partial charge in [0, 0.05) is 25.5 Å². The molecule has 4 heteroatoms. The molecule has 4 nitrogen and oxygen atoms in total. The second-order valence-electron chi connectivity index (χ2n) is 4.89. The van der Waals surface area contributed by atoms with Crippen LogP contribution in [0.25, 0.3) is 0 Å². The molecular weight excluding hydrogens is 216 g/mol. The maximum absolute atomic E-state index is 11.6. The van der Waals surface area contributed by atoms with Gasteiger partial charge in [0.2, 0.25) is 5.91 Å². The molecule has 0 aromatic carbocycles. The van der Waals surface area contributed by atoms with Crippen molar-refractivity contribution < 1.29 is 9.32 Å². The van der Waals surface area contributed by atoms with Crippen LogP contribution in [0.4, 0.5) is 0 Å². The van der Waals surface area contributed by atoms with Crippen LogP contribution in [0.1, 0.15) is 43.6 Å². The van der Waals surface area contributed by atoms with E-state index in [1.54, 1.807) is 0 Å². The quantitative estimate of drug-likeness (QED) is 0.852. The standard InChI is InChI=1S/C13H20N2O2/c1-10-8-12(17-15-10)6-7-14-13(16)9-11-4-2-3-5-11/h8,11H,2-7,9H2,1H3,(H,14,16). The van der Waals surface area contributed by atoms with Crippen LogP contribution in [-0.4, -0.2) is 17.6 Å². The molecule has 2 rings (SSSR count). The number of aromatic nitrogens is 1. The lowest BCUT2D eigenvalue weighted by Crippen LogP contribution is -2.27. The first-order valence-corrected chi connectivity index (χ1v) is 6.43. The number of amides is 1. The highest BCUT2D eigenvalue weighted by atomic mass is 16.5. The third-order valence-corrected chi connectivity index (χ3v) is 3.32. The van der Waals surface area contributed by atoms with Crippen LogP contribution >= 0.6 is 0 Å². The Bertz CT molecular complexity index is 367. The molecule has 1 aromatic rings. The zero-order chi connectivity index (χ0) is 12.1. The maximum atomic E-state index is 11.6. The molecule has 1 aromatic heterocycles. The van der Waals surface area contributed by atoms with Crippen molar-refractivity contribution in [3.63, 3.8) is 0 Å². The van der Waals surface area contributed by atoms with Crippen molar-refractivity contribution in [3.8, 4) is 0 Å². The third-order valence-electron chi connectivity index (χ3n) is 3.32. The first kappa shape index (κ1) is 12.1. The fraction of sp³-hybridized carbons (Fsp3) is 0.692. The number of carbonyl (C=O) groups is 1. The number of nitrogens with zero attached hydrogens (tertiary/aromatic N) is 1. The number of hydrogen-bond acceptors (Lipinski definition) is 3. The summed E-state index contributed by atoms with van der Waals surface area (Å²) in [5.41, 5.74) is 0.886. The number of carbonyl (C=O) groups excluding carboxylic acids is 1. The van der Waals surface area contributed by atoms with Crippen LogP contribution in [0.5, 0.6) is 0 Å². The molecule has 1 heterocycles. The van der Waals surface area contributed by atoms with Crippen LogP contribution < -0.4 is 5.32 Å². The molecule has 0 spiro atoms. The Kier molecular flexibility index (Phi) is 4.18. The number of hydrogen-bond donors (Lipinski definition) is 1. The Morgan fingerprint density at radius 3 is 2.94 bits per heavy atom. The van der Waals surface area contributed by atoms with Crippen molar-refractivity contribution in [3.05, 3.63) is 17.5 Å². The fourth-order valence-electron chi connectivity index (χ4n) is 2.41. The molecule has 0 bridgehead atoms. The molecule has 1 N–H and O–H groups in total. The Hall–Kier alpha value is -1.32. The fourth-order valence-corrected chi connectivity index (χ4v) is 2.41. The van der Waals surface area contributed by atoms with Gasteiger partial charge in [-0.15, -0.1) is 0 Å². The summed E-state index contributed by atoms with van der Waals surface area (Å²) in [4.78, 5) is 11.6. The van der Waals surface area contributed by atoms with E-state index in [2.05, 4.69) is 10.5 Å². The van der Waals surface area contributed by atoms with E-state index in [-0.39, 0.29) is 5.91 Å². The van der Waals surface area contributed by atoms with Crippen LogP contribution in [0.3, 0.4) is 0 Å². The van der Waals surface area contributed by atoms with Crippen molar-refractivity contribution >= 4 is 5.91 Å². The van der Waals surface area contributed by atoms with Gasteiger partial charge in [0.05, 0.1) is 5.69 Å². The largest absolute Gasteiger partial charge is 0.361 e. The minimum absolute atomic E-state index is 0.174. The highest BCUT2D eigenvalue weighted by molar-refractivity contribution is 5.76. The predicted octanol–water partition coefficient (Wildman–Crippen LogP) is 2.22. The zero-order valence-electron chi connectivity index (χ0n) is 10.4. The van der Waals surface area contributed by atoms with Crippen molar-refractivity contribution in [2.45, 2.75) is 45.4 Å². The van der Waals surface area contributed by atoms with Crippen molar-refractivity contribution in [2.24, 2.45) is 5.92 Å². The van der Waals surface area contributed by atoms with E-state index < -0.39 is 0 Å². The third kappa shape index (κ3) is 3.88. The van der Waals surface area contributed by atoms with Gasteiger partial charge in [-0.1, -0.05) is 18.0 Å². The molecule has 17 heavy (non-hydrogen) atoms. The van der Waals surface area contributed by atoms with Gasteiger partial charge in [-0.05, 0) is 25.7 Å². The summed E-state index contributed by atoms with van der Waals surface area (Å²) < 4.78 is 5.08. The Morgan fingerprint density at radius 1 is 1.53 bits per heavy atom. The summed E-state index contributed by atoms with van der Waals surface area (Å²) in [7, 11) is 0. The molecule has 1 saturated carbocycles. The molecule has 1 aliphatic carbocycles. The second kappa shape index (κ2) is 5.84. The highest BCUT2D eigenvalue weighted by Crippen LogP contribution is 2.27. The molecule has 0 atom stereocenters. The molecule has 0 aliphatic heterocycles. The second-order valence-corrected chi connectivity index (χ2v) is 4.89. The summed E-state index contributed by atoms with van der Waals surface area (Å²) in [6.07, 6.45) is 6.42. The van der Waals surface area contributed by atoms with Gasteiger partial charge < -0.3 is 9.84 Å². The average molecular weight is 236 g/mol. The minimum atomic E-state index is 0.174. The van der Waals surface area contributed by atoms with E-state index in [9.17, 15) is 4.79 Å².